The molecule has 2 rings (SSSR count). The molecule has 3 atom stereocenters. The summed E-state index contributed by atoms with van der Waals surface area (Å²) in [5.74, 6) is -4.29. The topological polar surface area (TPSA) is 182 Å². The van der Waals surface area contributed by atoms with E-state index in [1.165, 1.54) is 0 Å². The molecule has 2 aromatic rings. The fourth-order valence-electron chi connectivity index (χ4n) is 3.81. The summed E-state index contributed by atoms with van der Waals surface area (Å²) < 4.78 is 0. The Balaban J connectivity index is 1.73. The number of carboxylic acid groups (broad SMARTS) is 3. The van der Waals surface area contributed by atoms with Crippen molar-refractivity contribution in [3.05, 3.63) is 48.0 Å². The second kappa shape index (κ2) is 14.4. The lowest BCUT2D eigenvalue weighted by atomic mass is 9.98. The van der Waals surface area contributed by atoms with E-state index < -0.39 is 42.4 Å². The van der Waals surface area contributed by atoms with E-state index in [0.29, 0.717) is 25.8 Å². The van der Waals surface area contributed by atoms with Gasteiger partial charge in [0.2, 0.25) is 5.91 Å². The maximum absolute atomic E-state index is 12.5. The first-order valence-corrected chi connectivity index (χ1v) is 12.1. The van der Waals surface area contributed by atoms with Gasteiger partial charge in [0.05, 0.1) is 0 Å². The van der Waals surface area contributed by atoms with E-state index in [1.54, 1.807) is 0 Å². The first kappa shape index (κ1) is 29.1. The number of carboxylic acids is 3. The molecule has 0 bridgehead atoms. The number of unbranched alkanes of at least 4 members (excludes halogenated alkanes) is 1. The highest BCUT2D eigenvalue weighted by Gasteiger charge is 2.24. The Bertz CT molecular complexity index is 1120. The molecular formula is C26H33N3O8. The van der Waals surface area contributed by atoms with E-state index in [9.17, 15) is 29.1 Å². The normalized spacial score (nSPS) is 13.2. The number of hydrogen-bond acceptors (Lipinski definition) is 5. The van der Waals surface area contributed by atoms with E-state index in [1.807, 2.05) is 43.3 Å². The van der Waals surface area contributed by atoms with Gasteiger partial charge in [0.1, 0.15) is 12.1 Å². The highest BCUT2D eigenvalue weighted by atomic mass is 16.4. The zero-order chi connectivity index (χ0) is 27.4. The Morgan fingerprint density at radius 2 is 1.43 bits per heavy atom. The minimum absolute atomic E-state index is 0.0676. The third-order valence-electron chi connectivity index (χ3n) is 5.88. The summed E-state index contributed by atoms with van der Waals surface area (Å²) >= 11 is 0. The number of benzene rings is 2. The second-order valence-corrected chi connectivity index (χ2v) is 8.91. The first-order chi connectivity index (χ1) is 17.6. The van der Waals surface area contributed by atoms with Crippen molar-refractivity contribution in [2.24, 2.45) is 5.92 Å². The second-order valence-electron chi connectivity index (χ2n) is 8.91. The zero-order valence-corrected chi connectivity index (χ0v) is 20.6. The molecule has 2 aromatic carbocycles. The van der Waals surface area contributed by atoms with Crippen LogP contribution in [0.25, 0.3) is 10.8 Å². The molecule has 200 valence electrons. The first-order valence-electron chi connectivity index (χ1n) is 12.1. The van der Waals surface area contributed by atoms with Gasteiger partial charge < -0.3 is 31.3 Å². The maximum Gasteiger partial charge on any atom is 0.326 e. The number of aliphatic carboxylic acids is 3. The fourth-order valence-corrected chi connectivity index (χ4v) is 3.81. The van der Waals surface area contributed by atoms with Gasteiger partial charge in [-0.2, -0.15) is 0 Å². The van der Waals surface area contributed by atoms with Crippen molar-refractivity contribution >= 4 is 40.6 Å². The van der Waals surface area contributed by atoms with Crippen LogP contribution in [0.1, 0.15) is 44.6 Å². The van der Waals surface area contributed by atoms with Crippen LogP contribution in [0.15, 0.2) is 42.5 Å². The van der Waals surface area contributed by atoms with Gasteiger partial charge in [0, 0.05) is 18.9 Å². The number of hydrogen-bond donors (Lipinski definition) is 6. The molecule has 3 amide bonds. The number of rotatable bonds is 15. The molecule has 11 heteroatoms. The number of carbonyl (C=O) groups is 5. The van der Waals surface area contributed by atoms with Gasteiger partial charge in [-0.3, -0.25) is 9.59 Å². The van der Waals surface area contributed by atoms with Crippen molar-refractivity contribution in [1.29, 1.82) is 0 Å². The number of urea groups is 1. The summed E-state index contributed by atoms with van der Waals surface area (Å²) in [6.45, 7) is 2.18. The highest BCUT2D eigenvalue weighted by molar-refractivity contribution is 5.86. The molecule has 0 saturated carbocycles. The molecule has 3 unspecified atom stereocenters. The summed E-state index contributed by atoms with van der Waals surface area (Å²) in [7, 11) is 0. The minimum atomic E-state index is -1.46. The van der Waals surface area contributed by atoms with Crippen molar-refractivity contribution in [1.82, 2.24) is 16.0 Å². The van der Waals surface area contributed by atoms with E-state index in [4.69, 9.17) is 10.2 Å². The van der Waals surface area contributed by atoms with Gasteiger partial charge in [-0.15, -0.1) is 0 Å². The molecule has 0 aromatic heterocycles. The van der Waals surface area contributed by atoms with Gasteiger partial charge in [-0.1, -0.05) is 49.4 Å². The average molecular weight is 516 g/mol. The molecule has 0 saturated heterocycles. The van der Waals surface area contributed by atoms with E-state index >= 15 is 0 Å². The summed E-state index contributed by atoms with van der Waals surface area (Å²) in [5.41, 5.74) is 1.06. The molecular weight excluding hydrogens is 482 g/mol. The molecule has 0 spiro atoms. The molecule has 37 heavy (non-hydrogen) atoms. The molecule has 0 aliphatic rings. The Kier molecular flexibility index (Phi) is 11.3. The molecule has 0 heterocycles. The van der Waals surface area contributed by atoms with E-state index in [0.717, 1.165) is 16.3 Å². The number of carbonyl (C=O) groups excluding carboxylic acids is 2. The van der Waals surface area contributed by atoms with Crippen LogP contribution < -0.4 is 16.0 Å². The fraction of sp³-hybridized carbons (Fsp3) is 0.423. The molecule has 0 aliphatic heterocycles. The lowest BCUT2D eigenvalue weighted by molar-refractivity contribution is -0.140. The van der Waals surface area contributed by atoms with E-state index in [-0.39, 0.29) is 24.7 Å². The predicted octanol–water partition coefficient (Wildman–Crippen LogP) is 2.38. The number of nitrogens with one attached hydrogen (secondary N) is 3. The summed E-state index contributed by atoms with van der Waals surface area (Å²) in [6, 6.07) is 10.4. The third-order valence-corrected chi connectivity index (χ3v) is 5.88. The zero-order valence-electron chi connectivity index (χ0n) is 20.6. The Morgan fingerprint density at radius 3 is 2.05 bits per heavy atom. The van der Waals surface area contributed by atoms with E-state index in [2.05, 4.69) is 22.0 Å². The quantitative estimate of drug-likeness (QED) is 0.195. The largest absolute Gasteiger partial charge is 0.481 e. The van der Waals surface area contributed by atoms with Crippen LogP contribution in [0.2, 0.25) is 0 Å². The van der Waals surface area contributed by atoms with Gasteiger partial charge in [-0.25, -0.2) is 14.4 Å². The maximum atomic E-state index is 12.5. The lowest BCUT2D eigenvalue weighted by Gasteiger charge is -2.18. The molecule has 6 N–H and O–H groups in total. The Labute approximate surface area is 214 Å². The van der Waals surface area contributed by atoms with Gasteiger partial charge in [0.15, 0.2) is 0 Å². The van der Waals surface area contributed by atoms with Crippen molar-refractivity contribution in [2.45, 2.75) is 57.5 Å². The van der Waals surface area contributed by atoms with Gasteiger partial charge in [-0.05, 0) is 48.4 Å². The van der Waals surface area contributed by atoms with Crippen LogP contribution in [0.4, 0.5) is 4.79 Å². The molecule has 0 aliphatic carbocycles. The van der Waals surface area contributed by atoms with Crippen LogP contribution in [0.3, 0.4) is 0 Å². The smallest absolute Gasteiger partial charge is 0.326 e. The van der Waals surface area contributed by atoms with Crippen molar-refractivity contribution in [2.75, 3.05) is 6.54 Å². The molecule has 0 radical (unpaired) electrons. The van der Waals surface area contributed by atoms with Crippen LogP contribution >= 0.6 is 0 Å². The van der Waals surface area contributed by atoms with Crippen molar-refractivity contribution in [3.63, 3.8) is 0 Å². The number of amides is 3. The van der Waals surface area contributed by atoms with Crippen molar-refractivity contribution < 1.29 is 39.3 Å². The summed E-state index contributed by atoms with van der Waals surface area (Å²) in [5, 5.41) is 36.5. The lowest BCUT2D eigenvalue weighted by Crippen LogP contribution is -2.51. The highest BCUT2D eigenvalue weighted by Crippen LogP contribution is 2.18. The monoisotopic (exact) mass is 515 g/mol. The minimum Gasteiger partial charge on any atom is -0.481 e. The average Bonchev–Trinajstić information content (AvgIpc) is 2.84. The van der Waals surface area contributed by atoms with Gasteiger partial charge >= 0.3 is 23.9 Å². The molecule has 11 nitrogen and oxygen atoms in total. The number of fused-ring (bicyclic) bond motifs is 1. The van der Waals surface area contributed by atoms with Crippen molar-refractivity contribution in [3.8, 4) is 0 Å². The Morgan fingerprint density at radius 1 is 0.811 bits per heavy atom. The Hall–Kier alpha value is -4.15. The molecule has 0 fully saturated rings. The van der Waals surface area contributed by atoms with Crippen LogP contribution in [0, 0.1) is 5.92 Å². The van der Waals surface area contributed by atoms with Crippen LogP contribution in [-0.2, 0) is 25.6 Å². The van der Waals surface area contributed by atoms with Crippen LogP contribution in [-0.4, -0.2) is 63.8 Å². The standard InChI is InChI=1S/C26H33N3O8/c1-16(14-17-9-10-18-6-2-3-7-19(18)15-17)23(32)27-13-5-4-8-20(24(33)34)28-26(37)29-21(25(35)36)11-12-22(30)31/h2-3,6-7,9-10,15-16,20-21H,4-5,8,11-14H2,1H3,(H,27,32)(H,30,31)(H,33,34)(H,35,36)(H2,28,29,37). The predicted molar refractivity (Wildman–Crippen MR) is 135 cm³/mol. The summed E-state index contributed by atoms with van der Waals surface area (Å²) in [6.07, 6.45) is 0.718. The summed E-state index contributed by atoms with van der Waals surface area (Å²) in [4.78, 5) is 57.8. The van der Waals surface area contributed by atoms with Gasteiger partial charge in [0.25, 0.3) is 0 Å². The van der Waals surface area contributed by atoms with Crippen LogP contribution in [0.5, 0.6) is 0 Å². The SMILES string of the molecule is CC(Cc1ccc2ccccc2c1)C(=O)NCCCCC(NC(=O)NC(CCC(=O)O)C(=O)O)C(=O)O. The third kappa shape index (κ3) is 10.2.